The van der Waals surface area contributed by atoms with Gasteiger partial charge in [-0.2, -0.15) is 0 Å². The first-order valence-corrected chi connectivity index (χ1v) is 18.3. The van der Waals surface area contributed by atoms with E-state index in [-0.39, 0.29) is 0 Å². The molecule has 0 spiro atoms. The molecule has 7 heteroatoms. The molecule has 0 saturated heterocycles. The Kier molecular flexibility index (Phi) is 6.62. The van der Waals surface area contributed by atoms with Gasteiger partial charge in [-0.3, -0.25) is 4.57 Å². The summed E-state index contributed by atoms with van der Waals surface area (Å²) in [6.07, 6.45) is 0. The summed E-state index contributed by atoms with van der Waals surface area (Å²) in [6, 6.07) is 56.3. The van der Waals surface area contributed by atoms with Crippen molar-refractivity contribution in [1.29, 1.82) is 0 Å². The third-order valence-electron chi connectivity index (χ3n) is 9.91. The van der Waals surface area contributed by atoms with E-state index < -0.39 is 0 Å². The molecule has 4 aromatic heterocycles. The zero-order chi connectivity index (χ0) is 34.9. The fourth-order valence-corrected chi connectivity index (χ4v) is 8.40. The zero-order valence-electron chi connectivity index (χ0n) is 28.1. The minimum Gasteiger partial charge on any atom is -0.455 e. The first-order chi connectivity index (χ1) is 26.2. The predicted octanol–water partition coefficient (Wildman–Crippen LogP) is 12.1. The number of hydrogen-bond acceptors (Lipinski definition) is 6. The van der Waals surface area contributed by atoms with E-state index in [0.29, 0.717) is 17.5 Å². The molecule has 0 N–H and O–H groups in total. The second-order valence-corrected chi connectivity index (χ2v) is 14.1. The largest absolute Gasteiger partial charge is 0.455 e. The number of thiazole rings is 1. The highest BCUT2D eigenvalue weighted by molar-refractivity contribution is 7.20. The van der Waals surface area contributed by atoms with Crippen LogP contribution in [0.2, 0.25) is 0 Å². The van der Waals surface area contributed by atoms with Gasteiger partial charge in [-0.25, -0.2) is 19.9 Å². The number of fused-ring (bicyclic) bond motifs is 7. The first-order valence-electron chi connectivity index (χ1n) is 17.5. The van der Waals surface area contributed by atoms with Crippen LogP contribution in [0.3, 0.4) is 0 Å². The molecular formula is C46H27N5OS. The Morgan fingerprint density at radius 2 is 1.06 bits per heavy atom. The third-order valence-corrected chi connectivity index (χ3v) is 10.9. The van der Waals surface area contributed by atoms with Crippen molar-refractivity contribution in [2.24, 2.45) is 0 Å². The van der Waals surface area contributed by atoms with Gasteiger partial charge in [0.2, 0.25) is 0 Å². The van der Waals surface area contributed by atoms with E-state index in [9.17, 15) is 0 Å². The van der Waals surface area contributed by atoms with E-state index in [0.717, 1.165) is 71.4 Å². The normalized spacial score (nSPS) is 11.8. The summed E-state index contributed by atoms with van der Waals surface area (Å²) >= 11 is 1.71. The van der Waals surface area contributed by atoms with Crippen molar-refractivity contribution >= 4 is 65.3 Å². The Balaban J connectivity index is 1.06. The number of rotatable bonds is 5. The lowest BCUT2D eigenvalue weighted by atomic mass is 10.00. The highest BCUT2D eigenvalue weighted by Crippen LogP contribution is 2.41. The van der Waals surface area contributed by atoms with Crippen molar-refractivity contribution in [1.82, 2.24) is 24.5 Å². The molecule has 0 radical (unpaired) electrons. The van der Waals surface area contributed by atoms with Crippen molar-refractivity contribution in [2.45, 2.75) is 0 Å². The third kappa shape index (κ3) is 4.86. The van der Waals surface area contributed by atoms with Gasteiger partial charge >= 0.3 is 0 Å². The molecule has 11 aromatic rings. The van der Waals surface area contributed by atoms with Crippen LogP contribution in [0.1, 0.15) is 0 Å². The lowest BCUT2D eigenvalue weighted by Crippen LogP contribution is -2.00. The summed E-state index contributed by atoms with van der Waals surface area (Å²) in [5.41, 5.74) is 9.83. The van der Waals surface area contributed by atoms with Gasteiger partial charge in [0.15, 0.2) is 22.6 Å². The average Bonchev–Trinajstić information content (AvgIpc) is 3.92. The molecule has 0 saturated carbocycles. The highest BCUT2D eigenvalue weighted by atomic mass is 32.1. The molecule has 11 rings (SSSR count). The predicted molar refractivity (Wildman–Crippen MR) is 216 cm³/mol. The van der Waals surface area contributed by atoms with Gasteiger partial charge in [0.1, 0.15) is 11.2 Å². The molecule has 0 aliphatic carbocycles. The average molecular weight is 698 g/mol. The number of hydrogen-bond donors (Lipinski definition) is 0. The maximum absolute atomic E-state index is 6.66. The molecule has 248 valence electrons. The fraction of sp³-hybridized carbons (Fsp3) is 0. The summed E-state index contributed by atoms with van der Waals surface area (Å²) in [5, 5.41) is 5.37. The summed E-state index contributed by atoms with van der Waals surface area (Å²) in [7, 11) is 0. The summed E-state index contributed by atoms with van der Waals surface area (Å²) < 4.78 is 10.1. The highest BCUT2D eigenvalue weighted by Gasteiger charge is 2.19. The van der Waals surface area contributed by atoms with E-state index in [1.54, 1.807) is 11.3 Å². The lowest BCUT2D eigenvalue weighted by molar-refractivity contribution is 0.670. The molecule has 0 aliphatic rings. The number of benzene rings is 7. The van der Waals surface area contributed by atoms with E-state index >= 15 is 0 Å². The summed E-state index contributed by atoms with van der Waals surface area (Å²) in [5.74, 6) is 1.88. The quantitative estimate of drug-likeness (QED) is 0.179. The topological polar surface area (TPSA) is 69.6 Å². The van der Waals surface area contributed by atoms with Crippen LogP contribution in [-0.2, 0) is 0 Å². The molecule has 4 heterocycles. The Bertz CT molecular complexity index is 3090. The van der Waals surface area contributed by atoms with Gasteiger partial charge in [0.25, 0.3) is 0 Å². The molecular weight excluding hydrogens is 671 g/mol. The first kappa shape index (κ1) is 29.7. The molecule has 0 unspecified atom stereocenters. The van der Waals surface area contributed by atoms with Crippen LogP contribution in [0.25, 0.3) is 104 Å². The summed E-state index contributed by atoms with van der Waals surface area (Å²) in [6.45, 7) is 0. The molecule has 0 amide bonds. The van der Waals surface area contributed by atoms with Crippen LogP contribution in [-0.4, -0.2) is 24.5 Å². The molecule has 0 bridgehead atoms. The monoisotopic (exact) mass is 697 g/mol. The smallest absolute Gasteiger partial charge is 0.195 e. The van der Waals surface area contributed by atoms with Gasteiger partial charge in [0, 0.05) is 43.8 Å². The minimum absolute atomic E-state index is 0.611. The molecule has 0 fully saturated rings. The van der Waals surface area contributed by atoms with Crippen molar-refractivity contribution in [3.05, 3.63) is 164 Å². The van der Waals surface area contributed by atoms with Crippen LogP contribution in [0, 0.1) is 0 Å². The number of nitrogens with zero attached hydrogens (tertiary/aromatic N) is 5. The van der Waals surface area contributed by atoms with Gasteiger partial charge in [0.05, 0.1) is 21.3 Å². The number of furan rings is 1. The van der Waals surface area contributed by atoms with Gasteiger partial charge in [-0.1, -0.05) is 127 Å². The van der Waals surface area contributed by atoms with Crippen LogP contribution < -0.4 is 0 Å². The fourth-order valence-electron chi connectivity index (χ4n) is 7.40. The molecule has 7 aromatic carbocycles. The van der Waals surface area contributed by atoms with Crippen molar-refractivity contribution in [3.63, 3.8) is 0 Å². The summed E-state index contributed by atoms with van der Waals surface area (Å²) in [4.78, 5) is 19.8. The lowest BCUT2D eigenvalue weighted by Gasteiger charge is -2.08. The zero-order valence-corrected chi connectivity index (χ0v) is 29.0. The van der Waals surface area contributed by atoms with Crippen molar-refractivity contribution in [3.8, 4) is 50.4 Å². The van der Waals surface area contributed by atoms with Gasteiger partial charge in [-0.15, -0.1) is 0 Å². The van der Waals surface area contributed by atoms with Crippen molar-refractivity contribution < 1.29 is 4.42 Å². The van der Waals surface area contributed by atoms with E-state index in [4.69, 9.17) is 24.4 Å². The second-order valence-electron chi connectivity index (χ2n) is 13.1. The molecule has 6 nitrogen and oxygen atoms in total. The van der Waals surface area contributed by atoms with E-state index in [1.807, 2.05) is 78.9 Å². The molecule has 0 atom stereocenters. The van der Waals surface area contributed by atoms with Crippen LogP contribution in [0.5, 0.6) is 0 Å². The standard InChI is InChI=1S/C46H27N5OS/c1-3-12-28(13-4-1)43-48-44(29-14-5-2-6-15-29)50-45(49-43)31-23-25-40-36(27-31)34-18-11-17-32(42(34)52-40)30-22-24-39-35(26-30)33-16-7-9-20-38(33)51(39)46-47-37-19-8-10-21-41(37)53-46/h1-27H. The Morgan fingerprint density at radius 1 is 0.434 bits per heavy atom. The van der Waals surface area contributed by atoms with Crippen LogP contribution in [0.15, 0.2) is 168 Å². The SMILES string of the molecule is c1ccc(-c2nc(-c3ccccc3)nc(-c3ccc4oc5c(-c6ccc7c(c6)c6ccccc6n7-c6nc7ccccc7s6)cccc5c4c3)n2)cc1. The van der Waals surface area contributed by atoms with Gasteiger partial charge in [-0.05, 0) is 54.1 Å². The van der Waals surface area contributed by atoms with E-state index in [2.05, 4.69) is 89.5 Å². The van der Waals surface area contributed by atoms with Crippen LogP contribution >= 0.6 is 11.3 Å². The molecule has 0 aliphatic heterocycles. The van der Waals surface area contributed by atoms with Crippen molar-refractivity contribution in [2.75, 3.05) is 0 Å². The Labute approximate surface area is 307 Å². The van der Waals surface area contributed by atoms with E-state index in [1.165, 1.54) is 15.5 Å². The maximum Gasteiger partial charge on any atom is 0.195 e. The molecule has 53 heavy (non-hydrogen) atoms. The van der Waals surface area contributed by atoms with Crippen LogP contribution in [0.4, 0.5) is 0 Å². The number of para-hydroxylation sites is 3. The maximum atomic E-state index is 6.66. The minimum atomic E-state index is 0.611. The Morgan fingerprint density at radius 3 is 1.83 bits per heavy atom. The second kappa shape index (κ2) is 11.8. The Hall–Kier alpha value is -6.96. The number of aromatic nitrogens is 5. The van der Waals surface area contributed by atoms with Gasteiger partial charge < -0.3 is 4.42 Å².